The maximum Gasteiger partial charge on any atom is 0.319 e. The number of hydrogen-bond donors (Lipinski definition) is 2. The fraction of sp³-hybridized carbons (Fsp3) is 0.278. The van der Waals surface area contributed by atoms with E-state index in [-0.39, 0.29) is 11.4 Å². The number of carbonyl (C=O) groups is 1. The molecule has 1 saturated carbocycles. The fourth-order valence-electron chi connectivity index (χ4n) is 2.62. The molecule has 0 aliphatic heterocycles. The number of benzene rings is 2. The summed E-state index contributed by atoms with van der Waals surface area (Å²) in [4.78, 5) is 12.0. The van der Waals surface area contributed by atoms with E-state index < -0.39 is 0 Å². The molecule has 4 heteroatoms. The van der Waals surface area contributed by atoms with Gasteiger partial charge in [0, 0.05) is 22.7 Å². The Balaban J connectivity index is 1.58. The van der Waals surface area contributed by atoms with Crippen molar-refractivity contribution in [3.63, 3.8) is 0 Å². The molecule has 0 bridgehead atoms. The van der Waals surface area contributed by atoms with Crippen molar-refractivity contribution in [3.05, 3.63) is 64.7 Å². The molecule has 1 aliphatic rings. The minimum Gasteiger partial charge on any atom is -0.337 e. The Morgan fingerprint density at radius 3 is 2.55 bits per heavy atom. The van der Waals surface area contributed by atoms with Crippen molar-refractivity contribution in [3.8, 4) is 0 Å². The molecule has 22 heavy (non-hydrogen) atoms. The lowest BCUT2D eigenvalue weighted by Crippen LogP contribution is -2.35. The highest BCUT2D eigenvalue weighted by Gasteiger charge is 2.44. The van der Waals surface area contributed by atoms with Crippen LogP contribution in [0.2, 0.25) is 5.02 Å². The number of anilines is 1. The van der Waals surface area contributed by atoms with Crippen LogP contribution in [0.25, 0.3) is 0 Å². The van der Waals surface area contributed by atoms with Crippen molar-refractivity contribution in [2.75, 3.05) is 11.9 Å². The Hall–Kier alpha value is -2.00. The second kappa shape index (κ2) is 6.01. The van der Waals surface area contributed by atoms with Crippen LogP contribution in [0, 0.1) is 6.92 Å². The molecule has 1 fully saturated rings. The van der Waals surface area contributed by atoms with E-state index in [1.54, 1.807) is 12.1 Å². The molecule has 0 radical (unpaired) electrons. The number of nitrogens with one attached hydrogen (secondary N) is 2. The first-order valence-corrected chi connectivity index (χ1v) is 7.83. The zero-order valence-electron chi connectivity index (χ0n) is 12.5. The second-order valence-electron chi connectivity index (χ2n) is 5.96. The average Bonchev–Trinajstić information content (AvgIpc) is 3.27. The first-order chi connectivity index (χ1) is 10.6. The molecule has 0 aromatic heterocycles. The maximum absolute atomic E-state index is 12.0. The van der Waals surface area contributed by atoms with Gasteiger partial charge in [0.2, 0.25) is 0 Å². The van der Waals surface area contributed by atoms with E-state index >= 15 is 0 Å². The maximum atomic E-state index is 12.0. The van der Waals surface area contributed by atoms with Crippen molar-refractivity contribution < 1.29 is 4.79 Å². The summed E-state index contributed by atoms with van der Waals surface area (Å²) in [6, 6.07) is 15.5. The van der Waals surface area contributed by atoms with Crippen molar-refractivity contribution in [2.45, 2.75) is 25.2 Å². The second-order valence-corrected chi connectivity index (χ2v) is 6.40. The number of halogens is 1. The van der Waals surface area contributed by atoms with Crippen LogP contribution in [0.15, 0.2) is 48.5 Å². The highest BCUT2D eigenvalue weighted by molar-refractivity contribution is 6.30. The van der Waals surface area contributed by atoms with Gasteiger partial charge in [-0.25, -0.2) is 4.79 Å². The van der Waals surface area contributed by atoms with Crippen molar-refractivity contribution >= 4 is 23.3 Å². The van der Waals surface area contributed by atoms with Crippen LogP contribution < -0.4 is 10.6 Å². The Morgan fingerprint density at radius 2 is 1.91 bits per heavy atom. The molecule has 0 atom stereocenters. The Morgan fingerprint density at radius 1 is 1.18 bits per heavy atom. The molecular weight excluding hydrogens is 296 g/mol. The quantitative estimate of drug-likeness (QED) is 0.857. The van der Waals surface area contributed by atoms with Gasteiger partial charge in [-0.3, -0.25) is 0 Å². The van der Waals surface area contributed by atoms with Gasteiger partial charge in [0.15, 0.2) is 0 Å². The summed E-state index contributed by atoms with van der Waals surface area (Å²) < 4.78 is 0. The molecular formula is C18H19ClN2O. The molecule has 0 saturated heterocycles. The van der Waals surface area contributed by atoms with Crippen LogP contribution in [0.3, 0.4) is 0 Å². The molecule has 3 nitrogen and oxygen atoms in total. The summed E-state index contributed by atoms with van der Waals surface area (Å²) in [5.74, 6) is 0. The van der Waals surface area contributed by atoms with Gasteiger partial charge in [0.1, 0.15) is 0 Å². The predicted molar refractivity (Wildman–Crippen MR) is 90.6 cm³/mol. The van der Waals surface area contributed by atoms with Crippen LogP contribution in [-0.4, -0.2) is 12.6 Å². The van der Waals surface area contributed by atoms with Crippen LogP contribution in [0.1, 0.15) is 24.0 Å². The first kappa shape index (κ1) is 14.9. The number of urea groups is 1. The van der Waals surface area contributed by atoms with Gasteiger partial charge in [-0.2, -0.15) is 0 Å². The van der Waals surface area contributed by atoms with Gasteiger partial charge in [-0.05, 0) is 43.5 Å². The van der Waals surface area contributed by atoms with Gasteiger partial charge in [0.05, 0.1) is 0 Å². The highest BCUT2D eigenvalue weighted by atomic mass is 35.5. The molecule has 0 heterocycles. The third kappa shape index (κ3) is 3.42. The fourth-order valence-corrected chi connectivity index (χ4v) is 2.81. The number of rotatable bonds is 4. The van der Waals surface area contributed by atoms with Gasteiger partial charge in [-0.1, -0.05) is 47.5 Å². The molecule has 0 unspecified atom stereocenters. The van der Waals surface area contributed by atoms with E-state index in [0.717, 1.165) is 12.8 Å². The topological polar surface area (TPSA) is 41.1 Å². The van der Waals surface area contributed by atoms with Crippen LogP contribution in [0.4, 0.5) is 10.5 Å². The molecule has 2 aromatic carbocycles. The largest absolute Gasteiger partial charge is 0.337 e. The number of amides is 2. The van der Waals surface area contributed by atoms with Gasteiger partial charge >= 0.3 is 6.03 Å². The summed E-state index contributed by atoms with van der Waals surface area (Å²) >= 11 is 5.91. The molecule has 2 N–H and O–H groups in total. The standard InChI is InChI=1S/C18H19ClN2O/c1-13-5-7-14(8-6-13)18(9-10-18)12-20-17(22)21-16-4-2-3-15(19)11-16/h2-8,11H,9-10,12H2,1H3,(H2,20,21,22). The molecule has 114 valence electrons. The molecule has 3 rings (SSSR count). The Labute approximate surface area is 135 Å². The average molecular weight is 315 g/mol. The predicted octanol–water partition coefficient (Wildman–Crippen LogP) is 4.50. The van der Waals surface area contributed by atoms with E-state index in [2.05, 4.69) is 41.8 Å². The normalized spacial score (nSPS) is 15.2. The van der Waals surface area contributed by atoms with E-state index in [1.165, 1.54) is 11.1 Å². The Kier molecular flexibility index (Phi) is 4.08. The van der Waals surface area contributed by atoms with Crippen molar-refractivity contribution in [2.24, 2.45) is 0 Å². The molecule has 0 spiro atoms. The summed E-state index contributed by atoms with van der Waals surface area (Å²) in [5, 5.41) is 6.39. The zero-order chi connectivity index (χ0) is 15.6. The number of carbonyl (C=O) groups excluding carboxylic acids is 1. The smallest absolute Gasteiger partial charge is 0.319 e. The lowest BCUT2D eigenvalue weighted by Gasteiger charge is -2.17. The third-order valence-corrected chi connectivity index (χ3v) is 4.42. The molecule has 2 aromatic rings. The van der Waals surface area contributed by atoms with E-state index in [0.29, 0.717) is 17.3 Å². The van der Waals surface area contributed by atoms with Gasteiger partial charge < -0.3 is 10.6 Å². The minimum absolute atomic E-state index is 0.110. The minimum atomic E-state index is -0.194. The summed E-state index contributed by atoms with van der Waals surface area (Å²) in [5.41, 5.74) is 3.37. The third-order valence-electron chi connectivity index (χ3n) is 4.19. The molecule has 1 aliphatic carbocycles. The van der Waals surface area contributed by atoms with Gasteiger partial charge in [0.25, 0.3) is 0 Å². The summed E-state index contributed by atoms with van der Waals surface area (Å²) in [7, 11) is 0. The van der Waals surface area contributed by atoms with E-state index in [9.17, 15) is 4.79 Å². The van der Waals surface area contributed by atoms with Gasteiger partial charge in [-0.15, -0.1) is 0 Å². The number of hydrogen-bond acceptors (Lipinski definition) is 1. The zero-order valence-corrected chi connectivity index (χ0v) is 13.3. The van der Waals surface area contributed by atoms with E-state index in [4.69, 9.17) is 11.6 Å². The van der Waals surface area contributed by atoms with Crippen molar-refractivity contribution in [1.82, 2.24) is 5.32 Å². The van der Waals surface area contributed by atoms with Crippen LogP contribution >= 0.6 is 11.6 Å². The Bertz CT molecular complexity index is 678. The molecule has 2 amide bonds. The number of aryl methyl sites for hydroxylation is 1. The van der Waals surface area contributed by atoms with E-state index in [1.807, 2.05) is 12.1 Å². The van der Waals surface area contributed by atoms with Crippen molar-refractivity contribution in [1.29, 1.82) is 0 Å². The van der Waals surface area contributed by atoms with Crippen LogP contribution in [0.5, 0.6) is 0 Å². The van der Waals surface area contributed by atoms with Crippen LogP contribution in [-0.2, 0) is 5.41 Å². The summed E-state index contributed by atoms with van der Waals surface area (Å²) in [6.45, 7) is 2.74. The lowest BCUT2D eigenvalue weighted by atomic mass is 9.95. The lowest BCUT2D eigenvalue weighted by molar-refractivity contribution is 0.251. The summed E-state index contributed by atoms with van der Waals surface area (Å²) in [6.07, 6.45) is 2.24. The monoisotopic (exact) mass is 314 g/mol. The highest BCUT2D eigenvalue weighted by Crippen LogP contribution is 2.47. The SMILES string of the molecule is Cc1ccc(C2(CNC(=O)Nc3cccc(Cl)c3)CC2)cc1. The first-order valence-electron chi connectivity index (χ1n) is 7.45.